The first-order valence-electron chi connectivity index (χ1n) is 10.8. The lowest BCUT2D eigenvalue weighted by Crippen LogP contribution is -2.68. The molecule has 36 heavy (non-hydrogen) atoms. The molecule has 0 unspecified atom stereocenters. The molecule has 0 amide bonds. The van der Waals surface area contributed by atoms with Gasteiger partial charge in [-0.3, -0.25) is 0 Å². The molecule has 3 rings (SSSR count). The van der Waals surface area contributed by atoms with Crippen LogP contribution < -0.4 is 15.6 Å². The van der Waals surface area contributed by atoms with Gasteiger partial charge in [0.25, 0.3) is 8.32 Å². The topological polar surface area (TPSA) is 78.8 Å². The van der Waals surface area contributed by atoms with Crippen LogP contribution in [0.1, 0.15) is 0 Å². The predicted molar refractivity (Wildman–Crippen MR) is 147 cm³/mol. The van der Waals surface area contributed by atoms with Crippen molar-refractivity contribution in [3.63, 3.8) is 0 Å². The van der Waals surface area contributed by atoms with Gasteiger partial charge in [0, 0.05) is 0 Å². The number of hydrogen-bond donors (Lipinski definition) is 0. The van der Waals surface area contributed by atoms with E-state index in [1.165, 1.54) is 15.6 Å². The SMILES string of the molecule is CP(C)(=N[P+](C)(C)C)O[Si](c1ccccc1)(c1ccccc1)c1ccccc1.O=S(=O)([O-])C(F)(F)F. The molecule has 0 fully saturated rings. The smallest absolute Gasteiger partial charge is 0.485 e. The molecule has 0 bridgehead atoms. The van der Waals surface area contributed by atoms with Crippen molar-refractivity contribution in [1.82, 2.24) is 0 Å². The molecule has 0 N–H and O–H groups in total. The van der Waals surface area contributed by atoms with E-state index < -0.39 is 38.6 Å². The molecule has 0 heterocycles. The standard InChI is InChI=1S/C23H30NOP2Si.CHF3O3S/c1-26(2,3)24-27(4,5)25-28(21-15-9-6-10-16-21,22-17-11-7-12-18-22)23-19-13-8-14-20-23;2-1(3,4)8(5,6)7/h6-20H,1-5H3;(H,5,6,7)/q+1;/p-1. The zero-order chi connectivity index (χ0) is 27.3. The lowest BCUT2D eigenvalue weighted by Gasteiger charge is -2.36. The summed E-state index contributed by atoms with van der Waals surface area (Å²) in [5.41, 5.74) is -5.65. The van der Waals surface area contributed by atoms with Gasteiger partial charge in [-0.25, -0.2) is 8.42 Å². The van der Waals surface area contributed by atoms with Gasteiger partial charge in [0.05, 0.1) is 20.0 Å². The van der Waals surface area contributed by atoms with E-state index in [4.69, 9.17) is 21.7 Å². The minimum absolute atomic E-state index is 1.27. The summed E-state index contributed by atoms with van der Waals surface area (Å²) < 4.78 is 71.4. The van der Waals surface area contributed by atoms with Crippen LogP contribution in [0.3, 0.4) is 0 Å². The highest BCUT2D eigenvalue weighted by molar-refractivity contribution is 7.86. The van der Waals surface area contributed by atoms with Gasteiger partial charge in [-0.15, -0.1) is 4.52 Å². The fraction of sp³-hybridized carbons (Fsp3) is 0.250. The predicted octanol–water partition coefficient (Wildman–Crippen LogP) is 4.92. The van der Waals surface area contributed by atoms with E-state index in [1.807, 2.05) is 0 Å². The first-order chi connectivity index (χ1) is 16.5. The molecule has 0 radical (unpaired) electrons. The molecule has 3 aromatic rings. The van der Waals surface area contributed by atoms with Crippen LogP contribution in [0.15, 0.2) is 95.5 Å². The molecule has 196 valence electrons. The summed E-state index contributed by atoms with van der Waals surface area (Å²) >= 11 is 0. The van der Waals surface area contributed by atoms with Gasteiger partial charge in [-0.2, -0.15) is 13.2 Å². The second kappa shape index (κ2) is 11.7. The Hall–Kier alpha value is -1.80. The summed E-state index contributed by atoms with van der Waals surface area (Å²) in [7, 11) is -12.0. The molecule has 0 saturated heterocycles. The van der Waals surface area contributed by atoms with Crippen molar-refractivity contribution in [2.45, 2.75) is 5.51 Å². The minimum Gasteiger partial charge on any atom is -0.741 e. The van der Waals surface area contributed by atoms with Gasteiger partial charge in [0.2, 0.25) is 0 Å². The van der Waals surface area contributed by atoms with Crippen molar-refractivity contribution in [2.75, 3.05) is 33.3 Å². The van der Waals surface area contributed by atoms with E-state index in [-0.39, 0.29) is 0 Å². The third kappa shape index (κ3) is 8.37. The first kappa shape index (κ1) is 30.4. The Bertz CT molecular complexity index is 1180. The van der Waals surface area contributed by atoms with E-state index in [1.54, 1.807) is 0 Å². The monoisotopic (exact) mass is 575 g/mol. The zero-order valence-corrected chi connectivity index (χ0v) is 24.3. The second-order valence-corrected chi connectivity index (χ2v) is 21.5. The van der Waals surface area contributed by atoms with Crippen molar-refractivity contribution in [2.24, 2.45) is 4.52 Å². The zero-order valence-electron chi connectivity index (χ0n) is 20.7. The Morgan fingerprint density at radius 1 is 0.778 bits per heavy atom. The third-order valence-corrected chi connectivity index (χ3v) is 15.4. The van der Waals surface area contributed by atoms with E-state index in [0.717, 1.165) is 0 Å². The Morgan fingerprint density at radius 2 is 1.06 bits per heavy atom. The average Bonchev–Trinajstić information content (AvgIpc) is 2.77. The van der Waals surface area contributed by atoms with Gasteiger partial charge in [-0.1, -0.05) is 91.0 Å². The fourth-order valence-electron chi connectivity index (χ4n) is 3.68. The van der Waals surface area contributed by atoms with Crippen LogP contribution in [0.2, 0.25) is 0 Å². The molecular formula is C24H30F3NO4P2SSi. The summed E-state index contributed by atoms with van der Waals surface area (Å²) in [6, 6.07) is 32.2. The van der Waals surface area contributed by atoms with E-state index in [0.29, 0.717) is 0 Å². The lowest BCUT2D eigenvalue weighted by molar-refractivity contribution is -0.0517. The van der Waals surface area contributed by atoms with Crippen molar-refractivity contribution >= 4 is 48.7 Å². The molecule has 12 heteroatoms. The van der Waals surface area contributed by atoms with Crippen molar-refractivity contribution in [3.05, 3.63) is 91.0 Å². The van der Waals surface area contributed by atoms with Crippen LogP contribution in [0.4, 0.5) is 13.2 Å². The highest BCUT2D eigenvalue weighted by Gasteiger charge is 2.45. The van der Waals surface area contributed by atoms with Gasteiger partial charge in [0.1, 0.15) is 14.7 Å². The second-order valence-electron chi connectivity index (χ2n) is 9.10. The first-order valence-corrected chi connectivity index (χ1v) is 19.7. The third-order valence-electron chi connectivity index (χ3n) is 4.67. The Kier molecular flexibility index (Phi) is 9.90. The Labute approximate surface area is 213 Å². The molecule has 0 aliphatic carbocycles. The van der Waals surface area contributed by atoms with E-state index in [9.17, 15) is 13.2 Å². The van der Waals surface area contributed by atoms with Crippen LogP contribution in [-0.4, -0.2) is 60.1 Å². The van der Waals surface area contributed by atoms with Crippen molar-refractivity contribution in [3.8, 4) is 0 Å². The van der Waals surface area contributed by atoms with Gasteiger partial charge in [0.15, 0.2) is 10.1 Å². The number of nitrogens with zero attached hydrogens (tertiary/aromatic N) is 1. The summed E-state index contributed by atoms with van der Waals surface area (Å²) in [5.74, 6) is 0. The highest BCUT2D eigenvalue weighted by atomic mass is 32.2. The van der Waals surface area contributed by atoms with Crippen molar-refractivity contribution < 1.29 is 30.4 Å². The molecule has 0 aliphatic rings. The molecule has 3 aromatic carbocycles. The molecule has 0 aliphatic heterocycles. The summed E-state index contributed by atoms with van der Waals surface area (Å²) in [6.45, 7) is 11.2. The van der Waals surface area contributed by atoms with Gasteiger partial charge >= 0.3 is 5.51 Å². The largest absolute Gasteiger partial charge is 0.741 e. The van der Waals surface area contributed by atoms with E-state index >= 15 is 0 Å². The van der Waals surface area contributed by atoms with Crippen molar-refractivity contribution in [1.29, 1.82) is 0 Å². The van der Waals surface area contributed by atoms with Crippen LogP contribution in [0.25, 0.3) is 0 Å². The molecule has 0 spiro atoms. The summed E-state index contributed by atoms with van der Waals surface area (Å²) in [6.07, 6.45) is 0. The Balaban J connectivity index is 0.000000493. The minimum atomic E-state index is -6.09. The van der Waals surface area contributed by atoms with Gasteiger partial charge in [-0.05, 0) is 28.9 Å². The van der Waals surface area contributed by atoms with E-state index in [2.05, 4.69) is 124 Å². The maximum atomic E-state index is 10.7. The molecule has 0 atom stereocenters. The highest BCUT2D eigenvalue weighted by Crippen LogP contribution is 2.61. The molecule has 0 aromatic heterocycles. The Morgan fingerprint density at radius 3 is 1.28 bits per heavy atom. The molecular weight excluding hydrogens is 545 g/mol. The normalized spacial score (nSPS) is 12.9. The number of benzene rings is 3. The molecule has 5 nitrogen and oxygen atoms in total. The number of halogens is 3. The average molecular weight is 576 g/mol. The van der Waals surface area contributed by atoms with Crippen LogP contribution in [-0.2, 0) is 14.3 Å². The maximum Gasteiger partial charge on any atom is 0.485 e. The fourth-order valence-corrected chi connectivity index (χ4v) is 16.3. The number of hydrogen-bond acceptors (Lipinski definition) is 5. The molecule has 0 saturated carbocycles. The number of rotatable bonds is 6. The van der Waals surface area contributed by atoms with Crippen LogP contribution >= 0.6 is 14.7 Å². The lowest BCUT2D eigenvalue weighted by atomic mass is 10.3. The summed E-state index contributed by atoms with van der Waals surface area (Å²) in [4.78, 5) is 0. The van der Waals surface area contributed by atoms with Crippen LogP contribution in [0.5, 0.6) is 0 Å². The van der Waals surface area contributed by atoms with Crippen LogP contribution in [0, 0.1) is 0 Å². The summed E-state index contributed by atoms with van der Waals surface area (Å²) in [5, 5.41) is 3.80. The number of alkyl halides is 3. The maximum absolute atomic E-state index is 10.7. The quantitative estimate of drug-likeness (QED) is 0.138. The van der Waals surface area contributed by atoms with Gasteiger partial charge < -0.3 is 8.77 Å².